The van der Waals surface area contributed by atoms with E-state index in [-0.39, 0.29) is 4.87 Å². The summed E-state index contributed by atoms with van der Waals surface area (Å²) < 4.78 is 0. The molecule has 2 heterocycles. The lowest BCUT2D eigenvalue weighted by Gasteiger charge is -2.03. The van der Waals surface area contributed by atoms with Crippen molar-refractivity contribution in [3.8, 4) is 6.07 Å². The SMILES string of the molecule is Cc1cc(C#N)nc(NCc2csc(=O)[nH]2)n1. The van der Waals surface area contributed by atoms with Gasteiger partial charge in [0, 0.05) is 16.8 Å². The molecule has 2 aromatic heterocycles. The maximum absolute atomic E-state index is 10.9. The second-order valence-electron chi connectivity index (χ2n) is 3.36. The highest BCUT2D eigenvalue weighted by atomic mass is 32.1. The Morgan fingerprint density at radius 2 is 2.41 bits per heavy atom. The van der Waals surface area contributed by atoms with E-state index in [9.17, 15) is 4.79 Å². The number of aromatic nitrogens is 3. The lowest BCUT2D eigenvalue weighted by Crippen LogP contribution is -2.07. The zero-order chi connectivity index (χ0) is 12.3. The van der Waals surface area contributed by atoms with E-state index in [0.29, 0.717) is 18.2 Å². The third kappa shape index (κ3) is 2.89. The van der Waals surface area contributed by atoms with Crippen molar-refractivity contribution in [1.29, 1.82) is 5.26 Å². The number of hydrogen-bond acceptors (Lipinski definition) is 6. The molecule has 0 aliphatic heterocycles. The Morgan fingerprint density at radius 3 is 3.06 bits per heavy atom. The van der Waals surface area contributed by atoms with Gasteiger partial charge in [0.25, 0.3) is 0 Å². The number of nitrogens with zero attached hydrogens (tertiary/aromatic N) is 3. The first-order valence-electron chi connectivity index (χ1n) is 4.84. The molecule has 6 nitrogen and oxygen atoms in total. The van der Waals surface area contributed by atoms with Crippen molar-refractivity contribution < 1.29 is 0 Å². The standard InChI is InChI=1S/C10H9N5OS/c1-6-2-7(3-11)14-9(13-6)12-4-8-5-17-10(16)15-8/h2,5H,4H2,1H3,(H,15,16)(H,12,13,14). The Kier molecular flexibility index (Phi) is 3.16. The molecule has 86 valence electrons. The molecule has 0 bridgehead atoms. The van der Waals surface area contributed by atoms with Gasteiger partial charge in [-0.1, -0.05) is 11.3 Å². The highest BCUT2D eigenvalue weighted by molar-refractivity contribution is 7.07. The highest BCUT2D eigenvalue weighted by Crippen LogP contribution is 2.05. The molecule has 0 atom stereocenters. The van der Waals surface area contributed by atoms with Crippen molar-refractivity contribution >= 4 is 17.3 Å². The van der Waals surface area contributed by atoms with Crippen molar-refractivity contribution in [2.24, 2.45) is 0 Å². The van der Waals surface area contributed by atoms with Crippen LogP contribution >= 0.6 is 11.3 Å². The van der Waals surface area contributed by atoms with Crippen molar-refractivity contribution in [2.75, 3.05) is 5.32 Å². The second kappa shape index (κ2) is 4.76. The van der Waals surface area contributed by atoms with Gasteiger partial charge in [0.1, 0.15) is 11.8 Å². The van der Waals surface area contributed by atoms with Crippen LogP contribution in [-0.4, -0.2) is 15.0 Å². The summed E-state index contributed by atoms with van der Waals surface area (Å²) in [6.45, 7) is 2.22. The highest BCUT2D eigenvalue weighted by Gasteiger charge is 2.02. The summed E-state index contributed by atoms with van der Waals surface area (Å²) in [5.41, 5.74) is 1.81. The molecule has 0 saturated heterocycles. The predicted molar refractivity (Wildman–Crippen MR) is 63.8 cm³/mol. The summed E-state index contributed by atoms with van der Waals surface area (Å²) in [6, 6.07) is 3.57. The van der Waals surface area contributed by atoms with Crippen LogP contribution in [0.1, 0.15) is 17.1 Å². The zero-order valence-corrected chi connectivity index (χ0v) is 9.84. The molecular formula is C10H9N5OS. The van der Waals surface area contributed by atoms with Crippen LogP contribution in [0, 0.1) is 18.3 Å². The molecule has 0 fully saturated rings. The van der Waals surface area contributed by atoms with Crippen molar-refractivity contribution in [3.63, 3.8) is 0 Å². The fraction of sp³-hybridized carbons (Fsp3) is 0.200. The largest absolute Gasteiger partial charge is 0.349 e. The van der Waals surface area contributed by atoms with Gasteiger partial charge in [0.05, 0.1) is 6.54 Å². The fourth-order valence-corrected chi connectivity index (χ4v) is 1.86. The molecule has 0 amide bonds. The van der Waals surface area contributed by atoms with E-state index in [4.69, 9.17) is 5.26 Å². The van der Waals surface area contributed by atoms with Crippen LogP contribution in [0.3, 0.4) is 0 Å². The number of aromatic amines is 1. The Labute approximate surface area is 101 Å². The van der Waals surface area contributed by atoms with Crippen LogP contribution in [0.4, 0.5) is 5.95 Å². The molecule has 0 unspecified atom stereocenters. The van der Waals surface area contributed by atoms with Crippen LogP contribution < -0.4 is 10.2 Å². The summed E-state index contributed by atoms with van der Waals surface area (Å²) in [7, 11) is 0. The van der Waals surface area contributed by atoms with Crippen LogP contribution in [0.25, 0.3) is 0 Å². The van der Waals surface area contributed by atoms with E-state index < -0.39 is 0 Å². The molecule has 2 N–H and O–H groups in total. The number of hydrogen-bond donors (Lipinski definition) is 2. The predicted octanol–water partition coefficient (Wildman–Crippen LogP) is 1.02. The number of thiazole rings is 1. The minimum atomic E-state index is -0.0929. The Hall–Kier alpha value is -2.20. The number of nitrogens with one attached hydrogen (secondary N) is 2. The molecule has 0 spiro atoms. The van der Waals surface area contributed by atoms with Crippen LogP contribution in [0.15, 0.2) is 16.2 Å². The lowest BCUT2D eigenvalue weighted by molar-refractivity contribution is 0.990. The number of rotatable bonds is 3. The van der Waals surface area contributed by atoms with Gasteiger partial charge in [-0.25, -0.2) is 9.97 Å². The zero-order valence-electron chi connectivity index (χ0n) is 9.02. The summed E-state index contributed by atoms with van der Waals surface area (Å²) in [5.74, 6) is 0.383. The minimum Gasteiger partial charge on any atom is -0.349 e. The monoisotopic (exact) mass is 247 g/mol. The van der Waals surface area contributed by atoms with Gasteiger partial charge >= 0.3 is 4.87 Å². The summed E-state index contributed by atoms with van der Waals surface area (Å²) in [6.07, 6.45) is 0. The van der Waals surface area contributed by atoms with Crippen LogP contribution in [0.5, 0.6) is 0 Å². The Bertz CT molecular complexity index is 624. The minimum absolute atomic E-state index is 0.0929. The first-order valence-corrected chi connectivity index (χ1v) is 5.71. The van der Waals surface area contributed by atoms with E-state index in [2.05, 4.69) is 20.3 Å². The smallest absolute Gasteiger partial charge is 0.304 e. The topological polar surface area (TPSA) is 94.5 Å². The second-order valence-corrected chi connectivity index (χ2v) is 4.20. The van der Waals surface area contributed by atoms with Crippen molar-refractivity contribution in [3.05, 3.63) is 38.2 Å². The number of aryl methyl sites for hydroxylation is 1. The van der Waals surface area contributed by atoms with Gasteiger partial charge < -0.3 is 10.3 Å². The molecule has 0 saturated carbocycles. The molecular weight excluding hydrogens is 238 g/mol. The number of nitriles is 1. The average Bonchev–Trinajstić information content (AvgIpc) is 2.72. The molecule has 17 heavy (non-hydrogen) atoms. The summed E-state index contributed by atoms with van der Waals surface area (Å²) in [4.78, 5) is 21.6. The van der Waals surface area contributed by atoms with Gasteiger partial charge in [-0.15, -0.1) is 0 Å². The quantitative estimate of drug-likeness (QED) is 0.844. The van der Waals surface area contributed by atoms with Gasteiger partial charge in [-0.3, -0.25) is 4.79 Å². The third-order valence-corrected chi connectivity index (χ3v) is 2.70. The van der Waals surface area contributed by atoms with E-state index >= 15 is 0 Å². The van der Waals surface area contributed by atoms with E-state index in [1.165, 1.54) is 0 Å². The van der Waals surface area contributed by atoms with Gasteiger partial charge in [0.15, 0.2) is 0 Å². The normalized spacial score (nSPS) is 9.88. The number of anilines is 1. The molecule has 0 aliphatic rings. The third-order valence-electron chi connectivity index (χ3n) is 1.98. The average molecular weight is 247 g/mol. The summed E-state index contributed by atoms with van der Waals surface area (Å²) >= 11 is 1.11. The Balaban J connectivity index is 2.11. The molecule has 0 aliphatic carbocycles. The molecule has 7 heteroatoms. The Morgan fingerprint density at radius 1 is 1.59 bits per heavy atom. The van der Waals surface area contributed by atoms with Crippen LogP contribution in [0.2, 0.25) is 0 Å². The van der Waals surface area contributed by atoms with E-state index in [0.717, 1.165) is 22.7 Å². The fourth-order valence-electron chi connectivity index (χ4n) is 1.28. The van der Waals surface area contributed by atoms with Gasteiger partial charge in [-0.05, 0) is 13.0 Å². The maximum Gasteiger partial charge on any atom is 0.304 e. The van der Waals surface area contributed by atoms with Crippen LogP contribution in [-0.2, 0) is 6.54 Å². The van der Waals surface area contributed by atoms with Gasteiger partial charge in [0.2, 0.25) is 5.95 Å². The molecule has 0 aromatic carbocycles. The first kappa shape index (κ1) is 11.3. The maximum atomic E-state index is 10.9. The molecule has 2 rings (SSSR count). The van der Waals surface area contributed by atoms with Gasteiger partial charge in [-0.2, -0.15) is 5.26 Å². The van der Waals surface area contributed by atoms with E-state index in [1.807, 2.05) is 6.07 Å². The van der Waals surface area contributed by atoms with E-state index in [1.54, 1.807) is 18.4 Å². The lowest BCUT2D eigenvalue weighted by atomic mass is 10.3. The van der Waals surface area contributed by atoms with Crippen molar-refractivity contribution in [2.45, 2.75) is 13.5 Å². The van der Waals surface area contributed by atoms with Crippen molar-refractivity contribution in [1.82, 2.24) is 15.0 Å². The molecule has 2 aromatic rings. The number of H-pyrrole nitrogens is 1. The molecule has 0 radical (unpaired) electrons. The summed E-state index contributed by atoms with van der Waals surface area (Å²) in [5, 5.41) is 13.4. The first-order chi connectivity index (χ1) is 8.17.